The summed E-state index contributed by atoms with van der Waals surface area (Å²) in [6.07, 6.45) is 0. The molecule has 0 radical (unpaired) electrons. The Morgan fingerprint density at radius 3 is 2.76 bits per heavy atom. The van der Waals surface area contributed by atoms with Crippen molar-refractivity contribution in [1.82, 2.24) is 4.90 Å². The normalized spacial score (nSPS) is 10.4. The molecular weight excluding hydrogens is 328 g/mol. The maximum Gasteiger partial charge on any atom is 0.120 e. The van der Waals surface area contributed by atoms with E-state index < -0.39 is 0 Å². The van der Waals surface area contributed by atoms with Crippen LogP contribution < -0.4 is 4.74 Å². The van der Waals surface area contributed by atoms with E-state index >= 15 is 0 Å². The zero-order valence-electron chi connectivity index (χ0n) is 11.9. The molecule has 0 aromatic heterocycles. The van der Waals surface area contributed by atoms with Gasteiger partial charge in [0.1, 0.15) is 12.4 Å². The third-order valence-electron chi connectivity index (χ3n) is 3.10. The highest BCUT2D eigenvalue weighted by Crippen LogP contribution is 2.17. The molecule has 108 valence electrons. The van der Waals surface area contributed by atoms with Gasteiger partial charge in [-0.2, -0.15) is 5.26 Å². The van der Waals surface area contributed by atoms with Crippen LogP contribution in [0.15, 0.2) is 53.0 Å². The van der Waals surface area contributed by atoms with Gasteiger partial charge in [0.05, 0.1) is 11.6 Å². The standard InChI is InChI=1S/C17H17BrN2O/c1-20(13-15-6-2-3-8-17(15)18)9-10-21-16-7-4-5-14(11-16)12-19/h2-8,11H,9-10,13H2,1H3. The van der Waals surface area contributed by atoms with Crippen LogP contribution in [0.3, 0.4) is 0 Å². The second kappa shape index (κ2) is 7.82. The molecule has 2 rings (SSSR count). The van der Waals surface area contributed by atoms with E-state index in [0.717, 1.165) is 23.3 Å². The van der Waals surface area contributed by atoms with Gasteiger partial charge in [0, 0.05) is 17.6 Å². The van der Waals surface area contributed by atoms with Crippen molar-refractivity contribution < 1.29 is 4.74 Å². The van der Waals surface area contributed by atoms with E-state index in [-0.39, 0.29) is 0 Å². The fourth-order valence-electron chi connectivity index (χ4n) is 1.97. The molecule has 21 heavy (non-hydrogen) atoms. The highest BCUT2D eigenvalue weighted by atomic mass is 79.9. The zero-order chi connectivity index (χ0) is 15.1. The van der Waals surface area contributed by atoms with Crippen molar-refractivity contribution in [3.8, 4) is 11.8 Å². The summed E-state index contributed by atoms with van der Waals surface area (Å²) in [5.74, 6) is 0.739. The van der Waals surface area contributed by atoms with E-state index in [0.29, 0.717) is 12.2 Å². The molecule has 0 heterocycles. The van der Waals surface area contributed by atoms with Gasteiger partial charge in [-0.3, -0.25) is 4.90 Å². The summed E-state index contributed by atoms with van der Waals surface area (Å²) in [5.41, 5.74) is 1.88. The Labute approximate surface area is 133 Å². The van der Waals surface area contributed by atoms with Crippen molar-refractivity contribution >= 4 is 15.9 Å². The molecule has 0 bridgehead atoms. The maximum absolute atomic E-state index is 8.85. The first kappa shape index (κ1) is 15.6. The molecule has 2 aromatic carbocycles. The molecular formula is C17H17BrN2O. The van der Waals surface area contributed by atoms with Crippen molar-refractivity contribution in [2.24, 2.45) is 0 Å². The lowest BCUT2D eigenvalue weighted by atomic mass is 10.2. The fourth-order valence-corrected chi connectivity index (χ4v) is 2.38. The number of nitriles is 1. The van der Waals surface area contributed by atoms with E-state index in [4.69, 9.17) is 10.00 Å². The lowest BCUT2D eigenvalue weighted by Crippen LogP contribution is -2.24. The topological polar surface area (TPSA) is 36.3 Å². The molecule has 0 N–H and O–H groups in total. The Balaban J connectivity index is 1.80. The first-order valence-corrected chi connectivity index (χ1v) is 7.53. The summed E-state index contributed by atoms with van der Waals surface area (Å²) in [5, 5.41) is 8.85. The molecule has 0 saturated carbocycles. The Morgan fingerprint density at radius 2 is 2.00 bits per heavy atom. The molecule has 0 aliphatic rings. The van der Waals surface area contributed by atoms with Crippen molar-refractivity contribution in [1.29, 1.82) is 5.26 Å². The van der Waals surface area contributed by atoms with Gasteiger partial charge >= 0.3 is 0 Å². The van der Waals surface area contributed by atoms with Crippen LogP contribution in [0.5, 0.6) is 5.75 Å². The predicted molar refractivity (Wildman–Crippen MR) is 87.1 cm³/mol. The van der Waals surface area contributed by atoms with Crippen molar-refractivity contribution in [2.75, 3.05) is 20.2 Å². The minimum atomic E-state index is 0.593. The number of likely N-dealkylation sites (N-methyl/N-ethyl adjacent to an activating group) is 1. The molecule has 0 aliphatic carbocycles. The Hall–Kier alpha value is -1.83. The Bertz CT molecular complexity index is 637. The largest absolute Gasteiger partial charge is 0.492 e. The van der Waals surface area contributed by atoms with Gasteiger partial charge in [-0.15, -0.1) is 0 Å². The quantitative estimate of drug-likeness (QED) is 0.798. The monoisotopic (exact) mass is 344 g/mol. The van der Waals surface area contributed by atoms with Crippen LogP contribution in [0.4, 0.5) is 0 Å². The summed E-state index contributed by atoms with van der Waals surface area (Å²) in [6, 6.07) is 17.5. The van der Waals surface area contributed by atoms with E-state index in [1.807, 2.05) is 30.3 Å². The fraction of sp³-hybridized carbons (Fsp3) is 0.235. The number of rotatable bonds is 6. The molecule has 3 nitrogen and oxygen atoms in total. The number of halogens is 1. The SMILES string of the molecule is CN(CCOc1cccc(C#N)c1)Cc1ccccc1Br. The number of ether oxygens (including phenoxy) is 1. The van der Waals surface area contributed by atoms with E-state index in [9.17, 15) is 0 Å². The Morgan fingerprint density at radius 1 is 1.19 bits per heavy atom. The highest BCUT2D eigenvalue weighted by molar-refractivity contribution is 9.10. The second-order valence-electron chi connectivity index (χ2n) is 4.82. The van der Waals surface area contributed by atoms with Crippen LogP contribution in [0.25, 0.3) is 0 Å². The minimum Gasteiger partial charge on any atom is -0.492 e. The summed E-state index contributed by atoms with van der Waals surface area (Å²) < 4.78 is 6.81. The van der Waals surface area contributed by atoms with Gasteiger partial charge in [0.2, 0.25) is 0 Å². The molecule has 4 heteroatoms. The van der Waals surface area contributed by atoms with Crippen LogP contribution >= 0.6 is 15.9 Å². The predicted octanol–water partition coefficient (Wildman–Crippen LogP) is 3.83. The molecule has 0 aliphatic heterocycles. The van der Waals surface area contributed by atoms with Crippen LogP contribution in [-0.2, 0) is 6.54 Å². The molecule has 0 amide bonds. The molecule has 0 unspecified atom stereocenters. The van der Waals surface area contributed by atoms with Crippen LogP contribution in [0, 0.1) is 11.3 Å². The summed E-state index contributed by atoms with van der Waals surface area (Å²) in [6.45, 7) is 2.27. The van der Waals surface area contributed by atoms with Crippen LogP contribution in [-0.4, -0.2) is 25.1 Å². The third kappa shape index (κ3) is 4.89. The first-order valence-electron chi connectivity index (χ1n) is 6.74. The maximum atomic E-state index is 8.85. The number of hydrogen-bond acceptors (Lipinski definition) is 3. The molecule has 0 spiro atoms. The summed E-state index contributed by atoms with van der Waals surface area (Å²) in [4.78, 5) is 2.20. The van der Waals surface area contributed by atoms with Crippen molar-refractivity contribution in [2.45, 2.75) is 6.54 Å². The first-order chi connectivity index (χ1) is 10.2. The van der Waals surface area contributed by atoms with Crippen LogP contribution in [0.1, 0.15) is 11.1 Å². The minimum absolute atomic E-state index is 0.593. The number of nitrogens with zero attached hydrogens (tertiary/aromatic N) is 2. The molecule has 0 atom stereocenters. The summed E-state index contributed by atoms with van der Waals surface area (Å²) in [7, 11) is 2.06. The lowest BCUT2D eigenvalue weighted by Gasteiger charge is -2.18. The van der Waals surface area contributed by atoms with Gasteiger partial charge in [-0.25, -0.2) is 0 Å². The van der Waals surface area contributed by atoms with Gasteiger partial charge in [-0.1, -0.05) is 40.2 Å². The van der Waals surface area contributed by atoms with Gasteiger partial charge < -0.3 is 4.74 Å². The van der Waals surface area contributed by atoms with E-state index in [1.54, 1.807) is 12.1 Å². The third-order valence-corrected chi connectivity index (χ3v) is 3.88. The van der Waals surface area contributed by atoms with Gasteiger partial charge in [0.15, 0.2) is 0 Å². The molecule has 2 aromatic rings. The van der Waals surface area contributed by atoms with Gasteiger partial charge in [0.25, 0.3) is 0 Å². The van der Waals surface area contributed by atoms with Crippen LogP contribution in [0.2, 0.25) is 0 Å². The average molecular weight is 345 g/mol. The lowest BCUT2D eigenvalue weighted by molar-refractivity contribution is 0.232. The van der Waals surface area contributed by atoms with Gasteiger partial charge in [-0.05, 0) is 36.9 Å². The number of benzene rings is 2. The van der Waals surface area contributed by atoms with E-state index in [2.05, 4.69) is 40.0 Å². The highest BCUT2D eigenvalue weighted by Gasteiger charge is 2.04. The zero-order valence-corrected chi connectivity index (χ0v) is 13.5. The van der Waals surface area contributed by atoms with Crippen molar-refractivity contribution in [3.05, 3.63) is 64.1 Å². The second-order valence-corrected chi connectivity index (χ2v) is 5.67. The molecule has 0 fully saturated rings. The number of hydrogen-bond donors (Lipinski definition) is 0. The smallest absolute Gasteiger partial charge is 0.120 e. The molecule has 0 saturated heterocycles. The average Bonchev–Trinajstić information content (AvgIpc) is 2.50. The Kier molecular flexibility index (Phi) is 5.79. The summed E-state index contributed by atoms with van der Waals surface area (Å²) >= 11 is 3.56. The van der Waals surface area contributed by atoms with Crippen molar-refractivity contribution in [3.63, 3.8) is 0 Å². The van der Waals surface area contributed by atoms with E-state index in [1.165, 1.54) is 5.56 Å².